The van der Waals surface area contributed by atoms with Crippen LogP contribution in [0.5, 0.6) is 0 Å². The average molecular weight is 287 g/mol. The molecule has 6 nitrogen and oxygen atoms in total. The van der Waals surface area contributed by atoms with Gasteiger partial charge in [0.05, 0.1) is 36.0 Å². The molecular weight excluding hydrogens is 270 g/mol. The average Bonchev–Trinajstić information content (AvgIpc) is 3.06. The number of carboxylic acids is 1. The van der Waals surface area contributed by atoms with Crippen LogP contribution in [0, 0.1) is 30.6 Å². The highest BCUT2D eigenvalue weighted by Gasteiger charge is 2.51. The van der Waals surface area contributed by atoms with Crippen molar-refractivity contribution in [3.05, 3.63) is 35.9 Å². The zero-order chi connectivity index (χ0) is 15.0. The Morgan fingerprint density at radius 3 is 2.57 bits per heavy atom. The number of fused-ring (bicyclic) bond motifs is 2. The number of rotatable bonds is 4. The Morgan fingerprint density at radius 2 is 1.95 bits per heavy atom. The van der Waals surface area contributed by atoms with Crippen LogP contribution < -0.4 is 5.32 Å². The van der Waals surface area contributed by atoms with Crippen molar-refractivity contribution in [1.82, 2.24) is 15.3 Å². The van der Waals surface area contributed by atoms with Crippen LogP contribution in [0.15, 0.2) is 24.5 Å². The molecule has 0 radical (unpaired) electrons. The molecule has 2 aliphatic carbocycles. The normalized spacial score (nSPS) is 29.6. The van der Waals surface area contributed by atoms with Gasteiger partial charge >= 0.3 is 5.97 Å². The number of allylic oxidation sites excluding steroid dienone is 2. The molecule has 1 heterocycles. The third-order valence-electron chi connectivity index (χ3n) is 4.33. The summed E-state index contributed by atoms with van der Waals surface area (Å²) in [6.07, 6.45) is 7.92. The van der Waals surface area contributed by atoms with E-state index in [-0.39, 0.29) is 24.3 Å². The van der Waals surface area contributed by atoms with Crippen LogP contribution in [0.4, 0.5) is 0 Å². The summed E-state index contributed by atoms with van der Waals surface area (Å²) in [6, 6.07) is 0. The number of carbonyl (C=O) groups excluding carboxylic acids is 1. The number of carbonyl (C=O) groups is 2. The molecule has 4 unspecified atom stereocenters. The lowest BCUT2D eigenvalue weighted by Crippen LogP contribution is -2.40. The Bertz CT molecular complexity index is 597. The molecule has 0 aliphatic heterocycles. The molecule has 0 saturated heterocycles. The number of aryl methyl sites for hydroxylation is 1. The van der Waals surface area contributed by atoms with E-state index < -0.39 is 17.8 Å². The Balaban J connectivity index is 1.66. The van der Waals surface area contributed by atoms with Crippen molar-refractivity contribution in [2.75, 3.05) is 0 Å². The maximum absolute atomic E-state index is 12.3. The minimum absolute atomic E-state index is 0.0117. The molecule has 1 fully saturated rings. The predicted octanol–water partition coefficient (Wildman–Crippen LogP) is 0.924. The summed E-state index contributed by atoms with van der Waals surface area (Å²) < 4.78 is 0. The Labute approximate surface area is 122 Å². The minimum atomic E-state index is -0.887. The molecule has 21 heavy (non-hydrogen) atoms. The molecule has 2 bridgehead atoms. The van der Waals surface area contributed by atoms with Crippen LogP contribution in [-0.2, 0) is 16.1 Å². The van der Waals surface area contributed by atoms with E-state index in [1.165, 1.54) is 0 Å². The first-order valence-electron chi connectivity index (χ1n) is 7.02. The van der Waals surface area contributed by atoms with Crippen LogP contribution in [0.2, 0.25) is 0 Å². The number of hydrogen-bond donors (Lipinski definition) is 2. The van der Waals surface area contributed by atoms with E-state index in [1.807, 2.05) is 19.1 Å². The maximum Gasteiger partial charge on any atom is 0.307 e. The molecule has 1 saturated carbocycles. The van der Waals surface area contributed by atoms with Gasteiger partial charge in [0.2, 0.25) is 5.91 Å². The van der Waals surface area contributed by atoms with Gasteiger partial charge in [-0.05, 0) is 25.2 Å². The van der Waals surface area contributed by atoms with E-state index in [4.69, 9.17) is 0 Å². The van der Waals surface area contributed by atoms with Crippen LogP contribution in [0.3, 0.4) is 0 Å². The lowest BCUT2D eigenvalue weighted by Gasteiger charge is -2.23. The molecule has 0 aromatic carbocycles. The van der Waals surface area contributed by atoms with Gasteiger partial charge in [-0.2, -0.15) is 0 Å². The first-order valence-corrected chi connectivity index (χ1v) is 7.02. The minimum Gasteiger partial charge on any atom is -0.481 e. The highest BCUT2D eigenvalue weighted by molar-refractivity contribution is 5.86. The molecular formula is C15H17N3O3. The molecule has 110 valence electrons. The molecule has 4 atom stereocenters. The zero-order valence-corrected chi connectivity index (χ0v) is 11.7. The zero-order valence-electron chi connectivity index (χ0n) is 11.7. The highest BCUT2D eigenvalue weighted by Crippen LogP contribution is 2.48. The van der Waals surface area contributed by atoms with Crippen molar-refractivity contribution in [3.63, 3.8) is 0 Å². The van der Waals surface area contributed by atoms with Gasteiger partial charge in [-0.1, -0.05) is 12.2 Å². The van der Waals surface area contributed by atoms with Gasteiger partial charge in [0, 0.05) is 6.20 Å². The van der Waals surface area contributed by atoms with Crippen LogP contribution in [-0.4, -0.2) is 27.0 Å². The van der Waals surface area contributed by atoms with Crippen molar-refractivity contribution in [2.24, 2.45) is 23.7 Å². The number of nitrogens with one attached hydrogen (secondary N) is 1. The first-order chi connectivity index (χ1) is 10.1. The summed E-state index contributed by atoms with van der Waals surface area (Å²) in [5.41, 5.74) is 1.48. The van der Waals surface area contributed by atoms with Crippen molar-refractivity contribution in [1.29, 1.82) is 0 Å². The van der Waals surface area contributed by atoms with E-state index in [1.54, 1.807) is 12.4 Å². The second kappa shape index (κ2) is 5.27. The number of hydrogen-bond acceptors (Lipinski definition) is 4. The fraction of sp³-hybridized carbons (Fsp3) is 0.467. The van der Waals surface area contributed by atoms with Gasteiger partial charge in [-0.3, -0.25) is 19.6 Å². The standard InChI is InChI=1S/C15H17N3O3/c1-8-5-17-11(6-16-8)7-18-14(19)12-9-2-3-10(4-9)13(12)15(20)21/h2-3,5-6,9-10,12-13H,4,7H2,1H3,(H,18,19)(H,20,21). The second-order valence-corrected chi connectivity index (χ2v) is 5.71. The topological polar surface area (TPSA) is 92.2 Å². The number of aromatic nitrogens is 2. The summed E-state index contributed by atoms with van der Waals surface area (Å²) >= 11 is 0. The molecule has 6 heteroatoms. The van der Waals surface area contributed by atoms with Gasteiger partial charge in [0.25, 0.3) is 0 Å². The number of amides is 1. The lowest BCUT2D eigenvalue weighted by atomic mass is 9.82. The van der Waals surface area contributed by atoms with Gasteiger partial charge in [0.15, 0.2) is 0 Å². The molecule has 0 spiro atoms. The number of aliphatic carboxylic acids is 1. The van der Waals surface area contributed by atoms with Crippen molar-refractivity contribution < 1.29 is 14.7 Å². The lowest BCUT2D eigenvalue weighted by molar-refractivity contribution is -0.147. The van der Waals surface area contributed by atoms with Gasteiger partial charge in [-0.15, -0.1) is 0 Å². The number of carboxylic acid groups (broad SMARTS) is 1. The molecule has 3 rings (SSSR count). The molecule has 1 aromatic rings. The van der Waals surface area contributed by atoms with Crippen molar-refractivity contribution in [2.45, 2.75) is 19.9 Å². The second-order valence-electron chi connectivity index (χ2n) is 5.71. The Morgan fingerprint density at radius 1 is 1.24 bits per heavy atom. The predicted molar refractivity (Wildman–Crippen MR) is 74.0 cm³/mol. The van der Waals surface area contributed by atoms with E-state index in [0.717, 1.165) is 12.1 Å². The summed E-state index contributed by atoms with van der Waals surface area (Å²) in [4.78, 5) is 32.0. The monoisotopic (exact) mass is 287 g/mol. The molecule has 1 aromatic heterocycles. The Hall–Kier alpha value is -2.24. The Kier molecular flexibility index (Phi) is 3.45. The van der Waals surface area contributed by atoms with E-state index in [2.05, 4.69) is 15.3 Å². The van der Waals surface area contributed by atoms with E-state index >= 15 is 0 Å². The van der Waals surface area contributed by atoms with Gasteiger partial charge < -0.3 is 10.4 Å². The smallest absolute Gasteiger partial charge is 0.307 e. The van der Waals surface area contributed by atoms with Crippen molar-refractivity contribution >= 4 is 11.9 Å². The third-order valence-corrected chi connectivity index (χ3v) is 4.33. The van der Waals surface area contributed by atoms with Crippen LogP contribution in [0.25, 0.3) is 0 Å². The van der Waals surface area contributed by atoms with Gasteiger partial charge in [-0.25, -0.2) is 0 Å². The molecule has 1 amide bonds. The van der Waals surface area contributed by atoms with E-state index in [9.17, 15) is 14.7 Å². The quantitative estimate of drug-likeness (QED) is 0.803. The van der Waals surface area contributed by atoms with Gasteiger partial charge in [0.1, 0.15) is 0 Å². The largest absolute Gasteiger partial charge is 0.481 e. The summed E-state index contributed by atoms with van der Waals surface area (Å²) in [6.45, 7) is 2.12. The van der Waals surface area contributed by atoms with E-state index in [0.29, 0.717) is 5.69 Å². The summed E-state index contributed by atoms with van der Waals surface area (Å²) in [7, 11) is 0. The summed E-state index contributed by atoms with van der Waals surface area (Å²) in [5, 5.41) is 12.1. The molecule has 2 N–H and O–H groups in total. The fourth-order valence-corrected chi connectivity index (χ4v) is 3.32. The van der Waals surface area contributed by atoms with Crippen LogP contribution >= 0.6 is 0 Å². The van der Waals surface area contributed by atoms with Crippen LogP contribution in [0.1, 0.15) is 17.8 Å². The third kappa shape index (κ3) is 2.53. The first kappa shape index (κ1) is 13.7. The fourth-order valence-electron chi connectivity index (χ4n) is 3.32. The summed E-state index contributed by atoms with van der Waals surface area (Å²) in [5.74, 6) is -2.15. The maximum atomic E-state index is 12.3. The SMILES string of the molecule is Cc1cnc(CNC(=O)C2C3C=CC(C3)C2C(=O)O)cn1. The van der Waals surface area contributed by atoms with Crippen molar-refractivity contribution in [3.8, 4) is 0 Å². The highest BCUT2D eigenvalue weighted by atomic mass is 16.4. The number of nitrogens with zero attached hydrogens (tertiary/aromatic N) is 2. The molecule has 2 aliphatic rings.